The average molecular weight is 307 g/mol. The third-order valence-electron chi connectivity index (χ3n) is 5.33. The molecule has 1 atom stereocenters. The Bertz CT molecular complexity index is 462. The van der Waals surface area contributed by atoms with Gasteiger partial charge in [0.15, 0.2) is 0 Å². The second-order valence-corrected chi connectivity index (χ2v) is 6.99. The zero-order valence-electron chi connectivity index (χ0n) is 13.1. The molecule has 0 radical (unpaired) electrons. The maximum Gasteiger partial charge on any atom is 0.0507 e. The van der Waals surface area contributed by atoms with E-state index in [0.717, 1.165) is 11.6 Å². The Hall–Kier alpha value is -0.570. The molecule has 3 rings (SSSR count). The summed E-state index contributed by atoms with van der Waals surface area (Å²) in [6.45, 7) is 5.75. The van der Waals surface area contributed by atoms with Crippen LogP contribution in [0.4, 0.5) is 0 Å². The fourth-order valence-corrected chi connectivity index (χ4v) is 4.64. The minimum absolute atomic E-state index is 0.303. The molecule has 116 valence electrons. The number of halogens is 1. The second kappa shape index (κ2) is 6.68. The number of likely N-dealkylation sites (N-methyl/N-ethyl adjacent to an activating group) is 1. The molecule has 21 heavy (non-hydrogen) atoms. The van der Waals surface area contributed by atoms with Gasteiger partial charge in [0, 0.05) is 10.6 Å². The molecule has 0 aromatic heterocycles. The molecule has 0 amide bonds. The predicted octanol–water partition coefficient (Wildman–Crippen LogP) is 4.40. The highest BCUT2D eigenvalue weighted by Crippen LogP contribution is 2.46. The maximum absolute atomic E-state index is 6.26. The summed E-state index contributed by atoms with van der Waals surface area (Å²) in [5.41, 5.74) is 1.66. The van der Waals surface area contributed by atoms with Crippen LogP contribution >= 0.6 is 11.6 Å². The molecule has 1 aromatic rings. The highest BCUT2D eigenvalue weighted by atomic mass is 35.5. The van der Waals surface area contributed by atoms with Crippen molar-refractivity contribution in [2.24, 2.45) is 0 Å². The summed E-state index contributed by atoms with van der Waals surface area (Å²) in [4.78, 5) is 2.77. The van der Waals surface area contributed by atoms with Gasteiger partial charge in [0.05, 0.1) is 6.04 Å². The van der Waals surface area contributed by atoms with E-state index in [1.807, 2.05) is 6.07 Å². The van der Waals surface area contributed by atoms with Crippen LogP contribution in [0.25, 0.3) is 0 Å². The number of hydrogen-bond acceptors (Lipinski definition) is 2. The predicted molar refractivity (Wildman–Crippen MR) is 89.9 cm³/mol. The zero-order valence-corrected chi connectivity index (χ0v) is 13.8. The smallest absolute Gasteiger partial charge is 0.0507 e. The monoisotopic (exact) mass is 306 g/mol. The minimum Gasteiger partial charge on any atom is -0.309 e. The minimum atomic E-state index is 0.303. The Morgan fingerprint density at radius 2 is 1.90 bits per heavy atom. The van der Waals surface area contributed by atoms with Gasteiger partial charge in [-0.2, -0.15) is 0 Å². The molecule has 1 heterocycles. The molecule has 2 fully saturated rings. The normalized spacial score (nSPS) is 23.5. The largest absolute Gasteiger partial charge is 0.309 e. The van der Waals surface area contributed by atoms with Crippen molar-refractivity contribution in [3.8, 4) is 0 Å². The highest BCUT2D eigenvalue weighted by molar-refractivity contribution is 6.30. The van der Waals surface area contributed by atoms with E-state index < -0.39 is 0 Å². The number of hydrogen-bond donors (Lipinski definition) is 1. The van der Waals surface area contributed by atoms with Gasteiger partial charge in [0.25, 0.3) is 0 Å². The molecule has 1 aliphatic carbocycles. The number of nitrogens with zero attached hydrogens (tertiary/aromatic N) is 1. The molecule has 1 aliphatic heterocycles. The van der Waals surface area contributed by atoms with Gasteiger partial charge in [-0.1, -0.05) is 43.5 Å². The molecular weight excluding hydrogens is 280 g/mol. The second-order valence-electron chi connectivity index (χ2n) is 6.55. The van der Waals surface area contributed by atoms with Crippen molar-refractivity contribution in [3.63, 3.8) is 0 Å². The number of rotatable bonds is 5. The third kappa shape index (κ3) is 2.99. The Kier molecular flexibility index (Phi) is 4.88. The van der Waals surface area contributed by atoms with E-state index in [2.05, 4.69) is 35.3 Å². The summed E-state index contributed by atoms with van der Waals surface area (Å²) in [6.07, 6.45) is 8.07. The summed E-state index contributed by atoms with van der Waals surface area (Å²) in [5.74, 6) is 0. The fraction of sp³-hybridized carbons (Fsp3) is 0.667. The van der Waals surface area contributed by atoms with E-state index in [4.69, 9.17) is 11.6 Å². The number of likely N-dealkylation sites (tertiary alicyclic amines) is 1. The van der Waals surface area contributed by atoms with Gasteiger partial charge in [-0.05, 0) is 63.0 Å². The SMILES string of the molecule is CCNC(c1cccc(Cl)c1)C1(N2CCCC2)CCCC1. The zero-order chi connectivity index (χ0) is 14.7. The molecule has 2 aliphatic rings. The molecule has 2 nitrogen and oxygen atoms in total. The first kappa shape index (κ1) is 15.3. The van der Waals surface area contributed by atoms with Crippen LogP contribution in [0.2, 0.25) is 5.02 Å². The summed E-state index contributed by atoms with van der Waals surface area (Å²) in [6, 6.07) is 8.88. The lowest BCUT2D eigenvalue weighted by Gasteiger charge is -2.45. The topological polar surface area (TPSA) is 15.3 Å². The van der Waals surface area contributed by atoms with Crippen LogP contribution in [0.1, 0.15) is 57.1 Å². The van der Waals surface area contributed by atoms with Crippen LogP contribution in [-0.2, 0) is 0 Å². The van der Waals surface area contributed by atoms with Crippen molar-refractivity contribution >= 4 is 11.6 Å². The Morgan fingerprint density at radius 3 is 2.52 bits per heavy atom. The molecule has 1 N–H and O–H groups in total. The first-order valence-electron chi connectivity index (χ1n) is 8.50. The van der Waals surface area contributed by atoms with Gasteiger partial charge >= 0.3 is 0 Å². The van der Waals surface area contributed by atoms with Crippen LogP contribution in [0.5, 0.6) is 0 Å². The standard InChI is InChI=1S/C18H27ClN2/c1-2-20-17(15-8-7-9-16(19)14-15)18(10-3-4-11-18)21-12-5-6-13-21/h7-9,14,17,20H,2-6,10-13H2,1H3. The van der Waals surface area contributed by atoms with Crippen molar-refractivity contribution in [2.45, 2.75) is 57.0 Å². The van der Waals surface area contributed by atoms with E-state index in [1.165, 1.54) is 57.2 Å². The van der Waals surface area contributed by atoms with Crippen molar-refractivity contribution in [1.82, 2.24) is 10.2 Å². The highest BCUT2D eigenvalue weighted by Gasteiger charge is 2.46. The van der Waals surface area contributed by atoms with E-state index in [0.29, 0.717) is 11.6 Å². The van der Waals surface area contributed by atoms with Gasteiger partial charge in [0.1, 0.15) is 0 Å². The first-order chi connectivity index (χ1) is 10.3. The summed E-state index contributed by atoms with van der Waals surface area (Å²) in [5, 5.41) is 4.64. The molecular formula is C18H27ClN2. The lowest BCUT2D eigenvalue weighted by molar-refractivity contribution is 0.0771. The van der Waals surface area contributed by atoms with Gasteiger partial charge < -0.3 is 5.32 Å². The van der Waals surface area contributed by atoms with Crippen molar-refractivity contribution < 1.29 is 0 Å². The van der Waals surface area contributed by atoms with Gasteiger partial charge in [0.2, 0.25) is 0 Å². The fourth-order valence-electron chi connectivity index (χ4n) is 4.45. The van der Waals surface area contributed by atoms with Crippen LogP contribution < -0.4 is 5.32 Å². The first-order valence-corrected chi connectivity index (χ1v) is 8.88. The lowest BCUT2D eigenvalue weighted by Crippen LogP contribution is -2.54. The molecule has 1 unspecified atom stereocenters. The Labute approximate surface area is 133 Å². The van der Waals surface area contributed by atoms with E-state index in [1.54, 1.807) is 0 Å². The summed E-state index contributed by atoms with van der Waals surface area (Å²) in [7, 11) is 0. The van der Waals surface area contributed by atoms with Crippen LogP contribution in [0.3, 0.4) is 0 Å². The van der Waals surface area contributed by atoms with Crippen molar-refractivity contribution in [2.75, 3.05) is 19.6 Å². The van der Waals surface area contributed by atoms with Crippen molar-refractivity contribution in [3.05, 3.63) is 34.9 Å². The average Bonchev–Trinajstić information content (AvgIpc) is 3.16. The van der Waals surface area contributed by atoms with Crippen molar-refractivity contribution in [1.29, 1.82) is 0 Å². The van der Waals surface area contributed by atoms with Crippen LogP contribution in [-0.4, -0.2) is 30.1 Å². The number of nitrogens with one attached hydrogen (secondary N) is 1. The molecule has 0 bridgehead atoms. The maximum atomic E-state index is 6.26. The molecule has 1 saturated carbocycles. The quantitative estimate of drug-likeness (QED) is 0.867. The summed E-state index contributed by atoms with van der Waals surface area (Å²) < 4.78 is 0. The van der Waals surface area contributed by atoms with E-state index in [9.17, 15) is 0 Å². The van der Waals surface area contributed by atoms with E-state index in [-0.39, 0.29) is 0 Å². The number of benzene rings is 1. The lowest BCUT2D eigenvalue weighted by atomic mass is 9.82. The van der Waals surface area contributed by atoms with Crippen LogP contribution in [0, 0.1) is 0 Å². The summed E-state index contributed by atoms with van der Waals surface area (Å²) >= 11 is 6.26. The Balaban J connectivity index is 1.96. The molecule has 1 aromatic carbocycles. The van der Waals surface area contributed by atoms with Gasteiger partial charge in [-0.25, -0.2) is 0 Å². The third-order valence-corrected chi connectivity index (χ3v) is 5.57. The Morgan fingerprint density at radius 1 is 1.19 bits per heavy atom. The van der Waals surface area contributed by atoms with Crippen LogP contribution in [0.15, 0.2) is 24.3 Å². The molecule has 3 heteroatoms. The van der Waals surface area contributed by atoms with E-state index >= 15 is 0 Å². The van der Waals surface area contributed by atoms with Gasteiger partial charge in [-0.3, -0.25) is 4.90 Å². The molecule has 1 saturated heterocycles. The molecule has 0 spiro atoms. The van der Waals surface area contributed by atoms with Gasteiger partial charge in [-0.15, -0.1) is 0 Å².